The van der Waals surface area contributed by atoms with Gasteiger partial charge in [-0.2, -0.15) is 0 Å². The van der Waals surface area contributed by atoms with Crippen LogP contribution in [-0.2, 0) is 17.7 Å². The molecule has 4 heterocycles. The molecule has 6 rings (SSSR count). The standard InChI is InChI=1S/C27H28N8O2/c1-18-4-2-7-21-23(18)27(36)35(20-6-3-5-19(14-20)15-34-10-12-37-13-11-34)22(33-21)8-9-28-25-24-26(30-16-29-24)32-17-31-25/h2-7,14,16-17H,8-13,15H2,1H3,(H2,28,29,30,31,32). The zero-order valence-electron chi connectivity index (χ0n) is 20.6. The molecule has 1 fully saturated rings. The highest BCUT2D eigenvalue weighted by atomic mass is 16.5. The van der Waals surface area contributed by atoms with E-state index in [0.717, 1.165) is 49.7 Å². The summed E-state index contributed by atoms with van der Waals surface area (Å²) in [6.07, 6.45) is 3.61. The third kappa shape index (κ3) is 4.68. The lowest BCUT2D eigenvalue weighted by Gasteiger charge is -2.26. The van der Waals surface area contributed by atoms with Gasteiger partial charge in [-0.15, -0.1) is 0 Å². The normalized spacial score (nSPS) is 14.4. The van der Waals surface area contributed by atoms with E-state index < -0.39 is 0 Å². The number of anilines is 1. The van der Waals surface area contributed by atoms with Crippen LogP contribution < -0.4 is 10.9 Å². The second-order valence-electron chi connectivity index (χ2n) is 9.19. The van der Waals surface area contributed by atoms with E-state index in [4.69, 9.17) is 9.72 Å². The molecule has 37 heavy (non-hydrogen) atoms. The Balaban J connectivity index is 1.35. The molecule has 10 nitrogen and oxygen atoms in total. The van der Waals surface area contributed by atoms with Gasteiger partial charge < -0.3 is 15.0 Å². The summed E-state index contributed by atoms with van der Waals surface area (Å²) >= 11 is 0. The lowest BCUT2D eigenvalue weighted by molar-refractivity contribution is 0.0342. The van der Waals surface area contributed by atoms with Crippen LogP contribution in [0.15, 0.2) is 59.9 Å². The van der Waals surface area contributed by atoms with E-state index in [1.807, 2.05) is 37.3 Å². The summed E-state index contributed by atoms with van der Waals surface area (Å²) in [6.45, 7) is 6.61. The van der Waals surface area contributed by atoms with E-state index in [1.165, 1.54) is 6.33 Å². The van der Waals surface area contributed by atoms with Gasteiger partial charge in [-0.3, -0.25) is 14.3 Å². The van der Waals surface area contributed by atoms with Crippen molar-refractivity contribution in [2.75, 3.05) is 38.2 Å². The molecule has 0 bridgehead atoms. The first-order valence-corrected chi connectivity index (χ1v) is 12.5. The summed E-state index contributed by atoms with van der Waals surface area (Å²) in [5.74, 6) is 1.33. The lowest BCUT2D eigenvalue weighted by Crippen LogP contribution is -2.35. The van der Waals surface area contributed by atoms with E-state index in [1.54, 1.807) is 10.9 Å². The fourth-order valence-electron chi connectivity index (χ4n) is 4.87. The van der Waals surface area contributed by atoms with Crippen molar-refractivity contribution in [1.82, 2.24) is 34.4 Å². The maximum atomic E-state index is 13.9. The lowest BCUT2D eigenvalue weighted by atomic mass is 10.1. The fourth-order valence-corrected chi connectivity index (χ4v) is 4.87. The highest BCUT2D eigenvalue weighted by Gasteiger charge is 2.16. The van der Waals surface area contributed by atoms with Crippen molar-refractivity contribution in [3.63, 3.8) is 0 Å². The minimum Gasteiger partial charge on any atom is -0.379 e. The van der Waals surface area contributed by atoms with Gasteiger partial charge in [0.15, 0.2) is 11.5 Å². The maximum Gasteiger partial charge on any atom is 0.266 e. The third-order valence-corrected chi connectivity index (χ3v) is 6.71. The van der Waals surface area contributed by atoms with Gasteiger partial charge >= 0.3 is 0 Å². The number of benzene rings is 2. The molecule has 5 aromatic rings. The predicted octanol–water partition coefficient (Wildman–Crippen LogP) is 2.85. The van der Waals surface area contributed by atoms with Crippen molar-refractivity contribution in [3.8, 4) is 5.69 Å². The molecule has 1 aliphatic heterocycles. The van der Waals surface area contributed by atoms with Gasteiger partial charge in [0, 0.05) is 32.6 Å². The van der Waals surface area contributed by atoms with Gasteiger partial charge in [-0.25, -0.2) is 19.9 Å². The number of aromatic nitrogens is 6. The van der Waals surface area contributed by atoms with E-state index >= 15 is 0 Å². The van der Waals surface area contributed by atoms with Crippen LogP contribution in [0.25, 0.3) is 27.8 Å². The Morgan fingerprint density at radius 3 is 2.84 bits per heavy atom. The van der Waals surface area contributed by atoms with Crippen molar-refractivity contribution in [1.29, 1.82) is 0 Å². The Labute approximate surface area is 213 Å². The number of hydrogen-bond acceptors (Lipinski definition) is 8. The molecular weight excluding hydrogens is 468 g/mol. The zero-order valence-corrected chi connectivity index (χ0v) is 20.6. The zero-order chi connectivity index (χ0) is 25.2. The molecular formula is C27H28N8O2. The number of aryl methyl sites for hydroxylation is 1. The molecule has 0 aliphatic carbocycles. The number of nitrogens with one attached hydrogen (secondary N) is 2. The van der Waals surface area contributed by atoms with E-state index in [9.17, 15) is 4.79 Å². The van der Waals surface area contributed by atoms with Crippen LogP contribution in [0.4, 0.5) is 5.82 Å². The number of aromatic amines is 1. The molecule has 0 saturated carbocycles. The van der Waals surface area contributed by atoms with Crippen LogP contribution in [0.1, 0.15) is 17.0 Å². The smallest absolute Gasteiger partial charge is 0.266 e. The number of hydrogen-bond donors (Lipinski definition) is 2. The van der Waals surface area contributed by atoms with Gasteiger partial charge in [-0.05, 0) is 36.2 Å². The summed E-state index contributed by atoms with van der Waals surface area (Å²) in [5, 5.41) is 3.98. The molecule has 188 valence electrons. The highest BCUT2D eigenvalue weighted by Crippen LogP contribution is 2.19. The summed E-state index contributed by atoms with van der Waals surface area (Å²) in [4.78, 5) is 37.0. The number of nitrogens with zero attached hydrogens (tertiary/aromatic N) is 6. The summed E-state index contributed by atoms with van der Waals surface area (Å²) in [7, 11) is 0. The number of ether oxygens (including phenoxy) is 1. The van der Waals surface area contributed by atoms with Crippen LogP contribution in [0.5, 0.6) is 0 Å². The van der Waals surface area contributed by atoms with Crippen molar-refractivity contribution < 1.29 is 4.74 Å². The molecule has 0 amide bonds. The van der Waals surface area contributed by atoms with E-state index in [0.29, 0.717) is 46.7 Å². The number of fused-ring (bicyclic) bond motifs is 2. The Morgan fingerprint density at radius 1 is 1.08 bits per heavy atom. The quantitative estimate of drug-likeness (QED) is 0.354. The highest BCUT2D eigenvalue weighted by molar-refractivity contribution is 5.82. The predicted molar refractivity (Wildman–Crippen MR) is 142 cm³/mol. The first kappa shape index (κ1) is 23.3. The van der Waals surface area contributed by atoms with Crippen molar-refractivity contribution in [2.45, 2.75) is 19.9 Å². The van der Waals surface area contributed by atoms with Gasteiger partial charge in [-0.1, -0.05) is 24.3 Å². The largest absolute Gasteiger partial charge is 0.379 e. The van der Waals surface area contributed by atoms with Crippen LogP contribution in [0.3, 0.4) is 0 Å². The topological polar surface area (TPSA) is 114 Å². The monoisotopic (exact) mass is 496 g/mol. The van der Waals surface area contributed by atoms with Gasteiger partial charge in [0.1, 0.15) is 17.7 Å². The molecule has 1 saturated heterocycles. The van der Waals surface area contributed by atoms with Crippen molar-refractivity contribution in [2.24, 2.45) is 0 Å². The molecule has 2 N–H and O–H groups in total. The molecule has 0 radical (unpaired) electrons. The Bertz CT molecular complexity index is 1620. The molecule has 10 heteroatoms. The number of rotatable bonds is 7. The Morgan fingerprint density at radius 2 is 1.95 bits per heavy atom. The van der Waals surface area contributed by atoms with Crippen molar-refractivity contribution >= 4 is 27.9 Å². The minimum atomic E-state index is -0.0571. The average Bonchev–Trinajstić information content (AvgIpc) is 3.39. The molecule has 2 aromatic carbocycles. The van der Waals surface area contributed by atoms with Gasteiger partial charge in [0.05, 0.1) is 36.1 Å². The first-order chi connectivity index (χ1) is 18.2. The molecule has 0 unspecified atom stereocenters. The summed E-state index contributed by atoms with van der Waals surface area (Å²) in [5.41, 5.74) is 4.89. The van der Waals surface area contributed by atoms with E-state index in [-0.39, 0.29) is 5.56 Å². The molecule has 0 atom stereocenters. The number of imidazole rings is 1. The summed E-state index contributed by atoms with van der Waals surface area (Å²) < 4.78 is 7.24. The Kier molecular flexibility index (Phi) is 6.33. The van der Waals surface area contributed by atoms with Crippen LogP contribution in [0, 0.1) is 6.92 Å². The van der Waals surface area contributed by atoms with E-state index in [2.05, 4.69) is 42.3 Å². The second-order valence-corrected chi connectivity index (χ2v) is 9.19. The number of morpholine rings is 1. The first-order valence-electron chi connectivity index (χ1n) is 12.5. The minimum absolute atomic E-state index is 0.0571. The third-order valence-electron chi connectivity index (χ3n) is 6.71. The molecule has 0 spiro atoms. The van der Waals surface area contributed by atoms with Crippen molar-refractivity contribution in [3.05, 3.63) is 82.4 Å². The molecule has 3 aromatic heterocycles. The van der Waals surface area contributed by atoms with Crippen LogP contribution in [0.2, 0.25) is 0 Å². The van der Waals surface area contributed by atoms with Gasteiger partial charge in [0.25, 0.3) is 5.56 Å². The SMILES string of the molecule is Cc1cccc2nc(CCNc3ncnc4[nH]cnc34)n(-c3cccc(CN4CCOCC4)c3)c(=O)c12. The van der Waals surface area contributed by atoms with Gasteiger partial charge in [0.2, 0.25) is 0 Å². The van der Waals surface area contributed by atoms with Crippen LogP contribution in [-0.4, -0.2) is 67.2 Å². The van der Waals surface area contributed by atoms with Crippen LogP contribution >= 0.6 is 0 Å². The summed E-state index contributed by atoms with van der Waals surface area (Å²) in [6, 6.07) is 14.0. The average molecular weight is 497 g/mol. The second kappa shape index (κ2) is 10.1. The molecule has 1 aliphatic rings. The number of H-pyrrole nitrogens is 1. The fraction of sp³-hybridized carbons (Fsp3) is 0.296. The maximum absolute atomic E-state index is 13.9. The Hall–Kier alpha value is -4.15.